The molecule has 17 heavy (non-hydrogen) atoms. The van der Waals surface area contributed by atoms with Crippen LogP contribution in [0.5, 0.6) is 5.75 Å². The van der Waals surface area contributed by atoms with Gasteiger partial charge >= 0.3 is 0 Å². The zero-order valence-corrected chi connectivity index (χ0v) is 9.90. The van der Waals surface area contributed by atoms with Crippen molar-refractivity contribution in [2.75, 3.05) is 17.7 Å². The fraction of sp³-hybridized carbons (Fsp3) is 0.500. The van der Waals surface area contributed by atoms with Crippen LogP contribution in [0, 0.1) is 5.92 Å². The number of carbonyl (C=O) groups excluding carboxylic acids is 1. The van der Waals surface area contributed by atoms with E-state index in [1.165, 1.54) is 26.2 Å². The third kappa shape index (κ3) is 3.09. The highest BCUT2D eigenvalue weighted by Crippen LogP contribution is 2.29. The monoisotopic (exact) mass is 235 g/mol. The molecule has 1 heterocycles. The van der Waals surface area contributed by atoms with Crippen LogP contribution < -0.4 is 15.8 Å². The molecule has 1 aliphatic rings. The average molecular weight is 235 g/mol. The van der Waals surface area contributed by atoms with Gasteiger partial charge in [-0.05, 0) is 18.8 Å². The highest BCUT2D eigenvalue weighted by molar-refractivity contribution is 5.88. The molecule has 1 fully saturated rings. The van der Waals surface area contributed by atoms with Gasteiger partial charge in [0.25, 0.3) is 0 Å². The standard InChI is InChI=1S/C12H17N3O2/c1-8(16)15-12-5-10(13)11(6-14-12)17-7-9-3-2-4-9/h5-6,9H,2-4,7H2,1H3,(H3,13,14,15,16). The van der Waals surface area contributed by atoms with Gasteiger partial charge in [0.2, 0.25) is 5.91 Å². The van der Waals surface area contributed by atoms with Gasteiger partial charge in [-0.15, -0.1) is 0 Å². The number of nitrogens with zero attached hydrogens (tertiary/aromatic N) is 1. The largest absolute Gasteiger partial charge is 0.490 e. The van der Waals surface area contributed by atoms with Crippen LogP contribution in [0.25, 0.3) is 0 Å². The molecule has 0 aromatic carbocycles. The van der Waals surface area contributed by atoms with Crippen molar-refractivity contribution in [1.82, 2.24) is 4.98 Å². The van der Waals surface area contributed by atoms with Gasteiger partial charge in [-0.3, -0.25) is 4.79 Å². The number of hydrogen-bond donors (Lipinski definition) is 2. The Balaban J connectivity index is 1.95. The Morgan fingerprint density at radius 2 is 2.41 bits per heavy atom. The smallest absolute Gasteiger partial charge is 0.222 e. The van der Waals surface area contributed by atoms with Crippen molar-refractivity contribution >= 4 is 17.4 Å². The molecule has 3 N–H and O–H groups in total. The molecule has 0 unspecified atom stereocenters. The van der Waals surface area contributed by atoms with E-state index in [-0.39, 0.29) is 5.91 Å². The molecule has 0 aliphatic heterocycles. The molecule has 1 amide bonds. The Labute approximate surface area is 100 Å². The van der Waals surface area contributed by atoms with Crippen LogP contribution in [0.3, 0.4) is 0 Å². The molecular weight excluding hydrogens is 218 g/mol. The zero-order valence-electron chi connectivity index (χ0n) is 9.90. The van der Waals surface area contributed by atoms with E-state index in [0.29, 0.717) is 29.8 Å². The van der Waals surface area contributed by atoms with Gasteiger partial charge in [0.15, 0.2) is 5.75 Å². The van der Waals surface area contributed by atoms with E-state index in [2.05, 4.69) is 10.3 Å². The third-order valence-electron chi connectivity index (χ3n) is 2.90. The molecule has 1 aromatic heterocycles. The van der Waals surface area contributed by atoms with E-state index in [4.69, 9.17) is 10.5 Å². The molecule has 1 aliphatic carbocycles. The van der Waals surface area contributed by atoms with Gasteiger partial charge in [0.05, 0.1) is 18.5 Å². The van der Waals surface area contributed by atoms with Crippen molar-refractivity contribution in [1.29, 1.82) is 0 Å². The summed E-state index contributed by atoms with van der Waals surface area (Å²) in [5, 5.41) is 2.57. The van der Waals surface area contributed by atoms with E-state index in [9.17, 15) is 4.79 Å². The first-order valence-corrected chi connectivity index (χ1v) is 5.81. The molecule has 2 rings (SSSR count). The predicted molar refractivity (Wildman–Crippen MR) is 65.8 cm³/mol. The molecule has 1 aromatic rings. The molecular formula is C12H17N3O2. The fourth-order valence-electron chi connectivity index (χ4n) is 1.69. The van der Waals surface area contributed by atoms with Crippen LogP contribution >= 0.6 is 0 Å². The van der Waals surface area contributed by atoms with E-state index in [1.807, 2.05) is 0 Å². The van der Waals surface area contributed by atoms with E-state index in [0.717, 1.165) is 0 Å². The minimum atomic E-state index is -0.167. The molecule has 0 atom stereocenters. The molecule has 0 bridgehead atoms. The summed E-state index contributed by atoms with van der Waals surface area (Å²) in [5.41, 5.74) is 6.33. The maximum Gasteiger partial charge on any atom is 0.222 e. The SMILES string of the molecule is CC(=O)Nc1cc(N)c(OCC2CCC2)cn1. The van der Waals surface area contributed by atoms with Crippen LogP contribution in [0.2, 0.25) is 0 Å². The number of aromatic nitrogens is 1. The number of pyridine rings is 1. The maximum atomic E-state index is 10.8. The van der Waals surface area contributed by atoms with Crippen LogP contribution in [0.1, 0.15) is 26.2 Å². The molecule has 0 saturated heterocycles. The number of hydrogen-bond acceptors (Lipinski definition) is 4. The number of rotatable bonds is 4. The highest BCUT2D eigenvalue weighted by Gasteiger charge is 2.18. The second-order valence-electron chi connectivity index (χ2n) is 4.40. The number of anilines is 2. The van der Waals surface area contributed by atoms with E-state index >= 15 is 0 Å². The second kappa shape index (κ2) is 5.03. The number of nitrogens with one attached hydrogen (secondary N) is 1. The van der Waals surface area contributed by atoms with Crippen molar-refractivity contribution in [2.45, 2.75) is 26.2 Å². The first kappa shape index (κ1) is 11.7. The molecule has 5 heteroatoms. The average Bonchev–Trinajstić information content (AvgIpc) is 2.17. The number of ether oxygens (including phenoxy) is 1. The van der Waals surface area contributed by atoms with Gasteiger partial charge < -0.3 is 15.8 Å². The summed E-state index contributed by atoms with van der Waals surface area (Å²) >= 11 is 0. The number of carbonyl (C=O) groups is 1. The Morgan fingerprint density at radius 1 is 1.65 bits per heavy atom. The van der Waals surface area contributed by atoms with Crippen LogP contribution in [0.4, 0.5) is 11.5 Å². The summed E-state index contributed by atoms with van der Waals surface area (Å²) < 4.78 is 5.60. The molecule has 92 valence electrons. The number of amides is 1. The molecule has 0 spiro atoms. The Hall–Kier alpha value is -1.78. The Morgan fingerprint density at radius 3 is 2.94 bits per heavy atom. The summed E-state index contributed by atoms with van der Waals surface area (Å²) in [6.07, 6.45) is 5.32. The quantitative estimate of drug-likeness (QED) is 0.834. The number of nitrogen functional groups attached to an aromatic ring is 1. The van der Waals surface area contributed by atoms with Crippen molar-refractivity contribution in [3.05, 3.63) is 12.3 Å². The van der Waals surface area contributed by atoms with Crippen LogP contribution in [-0.4, -0.2) is 17.5 Å². The Bertz CT molecular complexity index is 416. The van der Waals surface area contributed by atoms with Crippen molar-refractivity contribution in [2.24, 2.45) is 5.92 Å². The van der Waals surface area contributed by atoms with E-state index < -0.39 is 0 Å². The second-order valence-corrected chi connectivity index (χ2v) is 4.40. The molecule has 0 radical (unpaired) electrons. The molecule has 1 saturated carbocycles. The van der Waals surface area contributed by atoms with Gasteiger partial charge in [-0.25, -0.2) is 4.98 Å². The summed E-state index contributed by atoms with van der Waals surface area (Å²) in [6, 6.07) is 1.61. The first-order chi connectivity index (χ1) is 8.15. The third-order valence-corrected chi connectivity index (χ3v) is 2.90. The van der Waals surface area contributed by atoms with Crippen molar-refractivity contribution in [3.63, 3.8) is 0 Å². The number of nitrogens with two attached hydrogens (primary N) is 1. The van der Waals surface area contributed by atoms with Gasteiger partial charge in [0, 0.05) is 13.0 Å². The highest BCUT2D eigenvalue weighted by atomic mass is 16.5. The predicted octanol–water partition coefficient (Wildman–Crippen LogP) is 1.80. The maximum absolute atomic E-state index is 10.8. The van der Waals surface area contributed by atoms with Crippen molar-refractivity contribution < 1.29 is 9.53 Å². The zero-order chi connectivity index (χ0) is 12.3. The lowest BCUT2D eigenvalue weighted by atomic mass is 9.86. The fourth-order valence-corrected chi connectivity index (χ4v) is 1.69. The van der Waals surface area contributed by atoms with Crippen LogP contribution in [-0.2, 0) is 4.79 Å². The van der Waals surface area contributed by atoms with Gasteiger partial charge in [-0.2, -0.15) is 0 Å². The lowest BCUT2D eigenvalue weighted by Crippen LogP contribution is -2.19. The summed E-state index contributed by atoms with van der Waals surface area (Å²) in [4.78, 5) is 14.9. The van der Waals surface area contributed by atoms with Crippen LogP contribution in [0.15, 0.2) is 12.3 Å². The lowest BCUT2D eigenvalue weighted by Gasteiger charge is -2.25. The normalized spacial score (nSPS) is 15.1. The molecule has 5 nitrogen and oxygen atoms in total. The van der Waals surface area contributed by atoms with Gasteiger partial charge in [0.1, 0.15) is 5.82 Å². The Kier molecular flexibility index (Phi) is 3.46. The first-order valence-electron chi connectivity index (χ1n) is 5.81. The van der Waals surface area contributed by atoms with Crippen molar-refractivity contribution in [3.8, 4) is 5.75 Å². The summed E-state index contributed by atoms with van der Waals surface area (Å²) in [6.45, 7) is 2.13. The minimum absolute atomic E-state index is 0.167. The summed E-state index contributed by atoms with van der Waals surface area (Å²) in [7, 11) is 0. The summed E-state index contributed by atoms with van der Waals surface area (Å²) in [5.74, 6) is 1.53. The van der Waals surface area contributed by atoms with Gasteiger partial charge in [-0.1, -0.05) is 6.42 Å². The lowest BCUT2D eigenvalue weighted by molar-refractivity contribution is -0.114. The van der Waals surface area contributed by atoms with E-state index in [1.54, 1.807) is 12.3 Å². The minimum Gasteiger partial charge on any atom is -0.490 e. The topological polar surface area (TPSA) is 77.2 Å².